The molecule has 1 saturated heterocycles. The van der Waals surface area contributed by atoms with Crippen molar-refractivity contribution in [1.29, 1.82) is 0 Å². The molecule has 0 aliphatic carbocycles. The summed E-state index contributed by atoms with van der Waals surface area (Å²) in [5.74, 6) is -3.90. The van der Waals surface area contributed by atoms with Gasteiger partial charge in [0, 0.05) is 34.9 Å². The summed E-state index contributed by atoms with van der Waals surface area (Å²) in [4.78, 5) is 84.7. The summed E-state index contributed by atoms with van der Waals surface area (Å²) >= 11 is 0. The number of carboxylic acids is 1. The van der Waals surface area contributed by atoms with Crippen LogP contribution in [-0.2, 0) is 40.0 Å². The van der Waals surface area contributed by atoms with Crippen molar-refractivity contribution >= 4 is 35.8 Å². The molecule has 3 N–H and O–H groups in total. The van der Waals surface area contributed by atoms with Gasteiger partial charge in [-0.1, -0.05) is 94.7 Å². The van der Waals surface area contributed by atoms with E-state index in [1.807, 2.05) is 77.1 Å². The van der Waals surface area contributed by atoms with Crippen LogP contribution in [0.25, 0.3) is 0 Å². The fraction of sp³-hybridized carbons (Fsp3) is 0.644. The second-order valence-electron chi connectivity index (χ2n) is 16.2. The molecular weight excluding hydrogens is 771 g/mol. The number of methoxy groups -OCH3 is 2. The lowest BCUT2D eigenvalue weighted by Crippen LogP contribution is -2.58. The molecule has 8 atom stereocenters. The van der Waals surface area contributed by atoms with Crippen LogP contribution in [0.3, 0.4) is 0 Å². The van der Waals surface area contributed by atoms with E-state index in [0.717, 1.165) is 16.7 Å². The number of aryl methyl sites for hydroxylation is 1. The van der Waals surface area contributed by atoms with Gasteiger partial charge in [-0.25, -0.2) is 14.4 Å². The first kappa shape index (κ1) is 51.4. The number of nitrogens with one attached hydrogen (secondary N) is 2. The zero-order chi connectivity index (χ0) is 45.3. The van der Waals surface area contributed by atoms with Crippen LogP contribution >= 0.6 is 0 Å². The Labute approximate surface area is 357 Å². The zero-order valence-electron chi connectivity index (χ0n) is 37.9. The summed E-state index contributed by atoms with van der Waals surface area (Å²) in [6.45, 7) is 15.2. The van der Waals surface area contributed by atoms with Crippen molar-refractivity contribution in [2.45, 2.75) is 137 Å². The molecule has 0 radical (unpaired) electrons. The molecule has 0 aromatic heterocycles. The number of hydrogen-bond acceptors (Lipinski definition) is 9. The van der Waals surface area contributed by atoms with E-state index in [9.17, 15) is 33.9 Å². The summed E-state index contributed by atoms with van der Waals surface area (Å²) in [6, 6.07) is 3.55. The van der Waals surface area contributed by atoms with Crippen molar-refractivity contribution in [2.75, 3.05) is 34.9 Å². The Morgan fingerprint density at radius 3 is 2.13 bits per heavy atom. The normalized spacial score (nSPS) is 17.9. The van der Waals surface area contributed by atoms with Gasteiger partial charge in [-0.15, -0.1) is 0 Å². The SMILES string of the molecule is C/C=C\C/C(=C\C)CC(NC(=O)C(C)C(OC)C1CCCN1C(=O)CC(OC)C(C(C)CC)N(C)C(=O)NC(=O)C(C(C)C)N(C)C(=O)OCc1ccc(C)cc1)C(=O)O. The van der Waals surface area contributed by atoms with Crippen LogP contribution in [0.15, 0.2) is 48.1 Å². The number of nitrogens with zero attached hydrogens (tertiary/aromatic N) is 3. The van der Waals surface area contributed by atoms with Crippen molar-refractivity contribution < 1.29 is 48.1 Å². The Kier molecular flexibility index (Phi) is 21.5. The standard InChI is InChI=1S/C45H71N5O10/c1-13-16-18-32(15-3)25-34(43(54)55)46-41(52)31(8)40(59-12)35-19-17-24-50(35)37(51)26-36(58-11)39(30(7)14-2)48(9)44(56)47-42(53)38(28(4)5)49(10)45(57)60-27-33-22-20-29(6)21-23-33/h13,15-16,20-23,28,30-31,34-36,38-40H,14,17-19,24-27H2,1-12H3,(H,46,52)(H,54,55)(H,47,53,56)/b16-13-,32-15+. The summed E-state index contributed by atoms with van der Waals surface area (Å²) in [5.41, 5.74) is 2.74. The van der Waals surface area contributed by atoms with Crippen LogP contribution in [0.5, 0.6) is 0 Å². The predicted octanol–water partition coefficient (Wildman–Crippen LogP) is 6.09. The molecule has 60 heavy (non-hydrogen) atoms. The Bertz CT molecular complexity index is 1650. The van der Waals surface area contributed by atoms with E-state index >= 15 is 0 Å². The molecule has 15 heteroatoms. The average molecular weight is 842 g/mol. The number of rotatable bonds is 22. The van der Waals surface area contributed by atoms with Gasteiger partial charge in [0.15, 0.2) is 0 Å². The number of aliphatic carboxylic acids is 1. The number of carboxylic acid groups (broad SMARTS) is 1. The summed E-state index contributed by atoms with van der Waals surface area (Å²) in [6.07, 6.45) is 5.92. The molecule has 1 heterocycles. The van der Waals surface area contributed by atoms with Crippen LogP contribution in [-0.4, -0.2) is 127 Å². The molecule has 6 amide bonds. The highest BCUT2D eigenvalue weighted by atomic mass is 16.6. The highest BCUT2D eigenvalue weighted by Crippen LogP contribution is 2.29. The predicted molar refractivity (Wildman–Crippen MR) is 230 cm³/mol. The highest BCUT2D eigenvalue weighted by Gasteiger charge is 2.43. The Balaban J connectivity index is 2.21. The number of amides is 6. The van der Waals surface area contributed by atoms with Crippen LogP contribution < -0.4 is 10.6 Å². The van der Waals surface area contributed by atoms with Gasteiger partial charge in [-0.05, 0) is 63.9 Å². The quantitative estimate of drug-likeness (QED) is 0.116. The molecule has 1 aliphatic heterocycles. The van der Waals surface area contributed by atoms with E-state index in [0.29, 0.717) is 32.2 Å². The van der Waals surface area contributed by atoms with Gasteiger partial charge in [-0.2, -0.15) is 0 Å². The molecule has 0 spiro atoms. The van der Waals surface area contributed by atoms with E-state index in [1.165, 1.54) is 31.1 Å². The molecule has 0 bridgehead atoms. The summed E-state index contributed by atoms with van der Waals surface area (Å²) in [5, 5.41) is 15.1. The van der Waals surface area contributed by atoms with Crippen LogP contribution in [0, 0.1) is 24.7 Å². The summed E-state index contributed by atoms with van der Waals surface area (Å²) < 4.78 is 17.3. The number of allylic oxidation sites excluding steroid dienone is 3. The number of ether oxygens (including phenoxy) is 3. The maximum absolute atomic E-state index is 14.2. The lowest BCUT2D eigenvalue weighted by Gasteiger charge is -2.39. The van der Waals surface area contributed by atoms with Gasteiger partial charge in [0.05, 0.1) is 36.6 Å². The largest absolute Gasteiger partial charge is 0.480 e. The van der Waals surface area contributed by atoms with Gasteiger partial charge < -0.3 is 34.4 Å². The van der Waals surface area contributed by atoms with E-state index in [2.05, 4.69) is 10.6 Å². The number of likely N-dealkylation sites (N-methyl/N-ethyl adjacent to an activating group) is 2. The number of imide groups is 1. The van der Waals surface area contributed by atoms with Crippen molar-refractivity contribution in [3.05, 3.63) is 59.2 Å². The fourth-order valence-corrected chi connectivity index (χ4v) is 7.89. The second kappa shape index (κ2) is 25.1. The van der Waals surface area contributed by atoms with Gasteiger partial charge in [0.25, 0.3) is 5.91 Å². The van der Waals surface area contributed by atoms with Crippen molar-refractivity contribution in [3.63, 3.8) is 0 Å². The maximum atomic E-state index is 14.2. The molecule has 1 fully saturated rings. The van der Waals surface area contributed by atoms with Gasteiger partial charge in [-0.3, -0.25) is 24.6 Å². The van der Waals surface area contributed by atoms with Gasteiger partial charge in [0.1, 0.15) is 18.7 Å². The van der Waals surface area contributed by atoms with Crippen LogP contribution in [0.4, 0.5) is 9.59 Å². The van der Waals surface area contributed by atoms with E-state index in [1.54, 1.807) is 32.7 Å². The third-order valence-corrected chi connectivity index (χ3v) is 11.7. The Morgan fingerprint density at radius 1 is 0.950 bits per heavy atom. The van der Waals surface area contributed by atoms with Gasteiger partial charge in [0.2, 0.25) is 11.8 Å². The number of carbonyl (C=O) groups is 6. The van der Waals surface area contributed by atoms with E-state index in [-0.39, 0.29) is 37.2 Å². The highest BCUT2D eigenvalue weighted by molar-refractivity contribution is 5.98. The van der Waals surface area contributed by atoms with Crippen molar-refractivity contribution in [1.82, 2.24) is 25.3 Å². The zero-order valence-corrected chi connectivity index (χ0v) is 37.9. The monoisotopic (exact) mass is 842 g/mol. The minimum Gasteiger partial charge on any atom is -0.480 e. The Morgan fingerprint density at radius 2 is 1.60 bits per heavy atom. The molecule has 1 aromatic carbocycles. The lowest BCUT2D eigenvalue weighted by atomic mass is 9.90. The molecular formula is C45H71N5O10. The molecule has 15 nitrogen and oxygen atoms in total. The summed E-state index contributed by atoms with van der Waals surface area (Å²) in [7, 11) is 5.95. The maximum Gasteiger partial charge on any atom is 0.410 e. The van der Waals surface area contributed by atoms with Gasteiger partial charge >= 0.3 is 18.1 Å². The molecule has 1 aromatic rings. The number of urea groups is 1. The van der Waals surface area contributed by atoms with Crippen LogP contribution in [0.2, 0.25) is 0 Å². The second-order valence-corrected chi connectivity index (χ2v) is 16.2. The van der Waals surface area contributed by atoms with Crippen molar-refractivity contribution in [2.24, 2.45) is 17.8 Å². The number of hydrogen-bond donors (Lipinski definition) is 3. The number of carbonyl (C=O) groups excluding carboxylic acids is 5. The minimum atomic E-state index is -1.15. The third-order valence-electron chi connectivity index (χ3n) is 11.7. The lowest BCUT2D eigenvalue weighted by molar-refractivity contribution is -0.145. The molecule has 0 saturated carbocycles. The number of benzene rings is 1. The molecule has 2 rings (SSSR count). The van der Waals surface area contributed by atoms with Crippen molar-refractivity contribution in [3.8, 4) is 0 Å². The minimum absolute atomic E-state index is 0.0204. The fourth-order valence-electron chi connectivity index (χ4n) is 7.89. The smallest absolute Gasteiger partial charge is 0.410 e. The number of likely N-dealkylation sites (tertiary alicyclic amines) is 1. The third kappa shape index (κ3) is 14.5. The van der Waals surface area contributed by atoms with E-state index < -0.39 is 72.2 Å². The molecule has 1 aliphatic rings. The topological polar surface area (TPSA) is 184 Å². The van der Waals surface area contributed by atoms with E-state index in [4.69, 9.17) is 14.2 Å². The first-order valence-corrected chi connectivity index (χ1v) is 21.0. The molecule has 8 unspecified atom stereocenters. The van der Waals surface area contributed by atoms with Crippen LogP contribution in [0.1, 0.15) is 98.1 Å². The first-order chi connectivity index (χ1) is 28.4. The average Bonchev–Trinajstić information content (AvgIpc) is 3.70. The molecule has 336 valence electrons. The first-order valence-electron chi connectivity index (χ1n) is 21.0. The Hall–Kier alpha value is -4.76.